The van der Waals surface area contributed by atoms with Crippen LogP contribution in [0.25, 0.3) is 32.7 Å². The van der Waals surface area contributed by atoms with E-state index in [9.17, 15) is 43.2 Å². The molecule has 0 atom stereocenters. The van der Waals surface area contributed by atoms with Gasteiger partial charge in [0.25, 0.3) is 17.7 Å². The second-order valence-corrected chi connectivity index (χ2v) is 36.9. The molecule has 5 saturated carbocycles. The van der Waals surface area contributed by atoms with E-state index in [1.165, 1.54) is 89.9 Å². The Morgan fingerprint density at radius 2 is 0.560 bits per heavy atom. The molecular formula is C116H168Cl3Fe2N6O13Tc-3. The molecule has 5 fully saturated rings. The number of nitrogens with one attached hydrogen (secondary N) is 2. The average molecular weight is 2170 g/mol. The van der Waals surface area contributed by atoms with Crippen LogP contribution in [-0.2, 0) is 112 Å². The summed E-state index contributed by atoms with van der Waals surface area (Å²) < 4.78 is 5.19. The first-order chi connectivity index (χ1) is 63.4. The van der Waals surface area contributed by atoms with Crippen LogP contribution in [0, 0.1) is 96.4 Å². The van der Waals surface area contributed by atoms with Crippen molar-refractivity contribution in [2.45, 2.75) is 332 Å². The van der Waals surface area contributed by atoms with Gasteiger partial charge in [0.05, 0.1) is 22.5 Å². The van der Waals surface area contributed by atoms with Crippen molar-refractivity contribution in [3.05, 3.63) is 247 Å². The van der Waals surface area contributed by atoms with E-state index < -0.39 is 5.97 Å². The predicted octanol–water partition coefficient (Wildman–Crippen LogP) is 28.5. The van der Waals surface area contributed by atoms with Gasteiger partial charge >= 0.3 is 40.1 Å². The first-order valence-electron chi connectivity index (χ1n) is 48.1. The number of aliphatic hydroxyl groups is 1. The predicted molar refractivity (Wildman–Crippen MR) is 579 cm³/mol. The maximum atomic E-state index is 13.4. The molecule has 6 N–H and O–H groups in total. The van der Waals surface area contributed by atoms with Crippen molar-refractivity contribution in [2.24, 2.45) is 23.5 Å². The number of nitrogens with two attached hydrogens (primary N) is 1. The van der Waals surface area contributed by atoms with Gasteiger partial charge in [0, 0.05) is 156 Å². The van der Waals surface area contributed by atoms with Crippen molar-refractivity contribution in [3.63, 3.8) is 0 Å². The Morgan fingerprint density at radius 3 is 0.787 bits per heavy atom. The monoisotopic (exact) mass is 2170 g/mol. The fraction of sp³-hybridized carbons (Fsp3) is 0.500. The number of ketones is 3. The summed E-state index contributed by atoms with van der Waals surface area (Å²) in [6.07, 6.45) is 45.9. The van der Waals surface area contributed by atoms with Gasteiger partial charge in [-0.25, -0.2) is 0 Å². The van der Waals surface area contributed by atoms with Gasteiger partial charge in [-0.2, -0.15) is 0 Å². The molecule has 1 radical (unpaired) electrons. The maximum Gasteiger partial charge on any atom is 2.00 e. The molecule has 0 saturated heterocycles. The molecule has 0 aliphatic heterocycles. The number of hydrogen-bond donors (Lipinski definition) is 5. The molecule has 3 aromatic heterocycles. The van der Waals surface area contributed by atoms with Crippen LogP contribution >= 0.6 is 34.8 Å². The first kappa shape index (κ1) is 142. The van der Waals surface area contributed by atoms with Crippen molar-refractivity contribution in [2.75, 3.05) is 26.7 Å². The van der Waals surface area contributed by atoms with Crippen molar-refractivity contribution >= 4 is 134 Å². The molecule has 141 heavy (non-hydrogen) atoms. The maximum absolute atomic E-state index is 13.4. The van der Waals surface area contributed by atoms with Crippen LogP contribution in [0.4, 0.5) is 0 Å². The zero-order valence-electron chi connectivity index (χ0n) is 85.1. The summed E-state index contributed by atoms with van der Waals surface area (Å²) in [4.78, 5) is 129. The third-order valence-corrected chi connectivity index (χ3v) is 26.4. The van der Waals surface area contributed by atoms with E-state index >= 15 is 0 Å². The molecule has 19 nitrogen and oxygen atoms in total. The van der Waals surface area contributed by atoms with Crippen LogP contribution in [0.15, 0.2) is 127 Å². The number of carbonyl (C=O) groups is 9. The minimum absolute atomic E-state index is 0. The number of hydrogen-bond acceptors (Lipinski definition) is 13. The summed E-state index contributed by atoms with van der Waals surface area (Å²) >= 11 is 18.0. The third kappa shape index (κ3) is 47.1. The van der Waals surface area contributed by atoms with Crippen molar-refractivity contribution < 1.29 is 117 Å². The Balaban J connectivity index is -0.000000567. The number of carboxylic acids is 1. The number of fused-ring (bicyclic) bond motifs is 3. The van der Waals surface area contributed by atoms with E-state index in [2.05, 4.69) is 42.4 Å². The van der Waals surface area contributed by atoms with Crippen molar-refractivity contribution in [1.82, 2.24) is 24.3 Å². The number of aliphatic carboxylic acids is 1. The van der Waals surface area contributed by atoms with Gasteiger partial charge < -0.3 is 73.3 Å². The number of aliphatic hydroxyl groups excluding tert-OH is 1. The molecule has 5 aliphatic rings. The van der Waals surface area contributed by atoms with Crippen LogP contribution < -0.4 is 16.4 Å². The van der Waals surface area contributed by atoms with Crippen molar-refractivity contribution in [1.29, 1.82) is 0 Å². The van der Waals surface area contributed by atoms with Crippen LogP contribution in [0.5, 0.6) is 0 Å². The van der Waals surface area contributed by atoms with Crippen LogP contribution in [-0.4, -0.2) is 117 Å². The Morgan fingerprint density at radius 1 is 0.340 bits per heavy atom. The molecule has 2 amide bonds. The molecule has 3 heterocycles. The molecule has 0 spiro atoms. The molecule has 14 rings (SSSR count). The summed E-state index contributed by atoms with van der Waals surface area (Å²) in [5.74, 6) is 0.589. The summed E-state index contributed by atoms with van der Waals surface area (Å²) in [5, 5.41) is 26.3. The summed E-state index contributed by atoms with van der Waals surface area (Å²) in [7, 11) is 1.00. The van der Waals surface area contributed by atoms with Gasteiger partial charge in [-0.15, -0.1) is 0 Å². The topological polar surface area (TPSA) is 293 Å². The minimum Gasteiger partial charge on any atom is -0.545 e. The zero-order valence-corrected chi connectivity index (χ0v) is 91.4. The second-order valence-electron chi connectivity index (χ2n) is 35.6. The number of benzene rings is 6. The zero-order chi connectivity index (χ0) is 95.6. The number of rotatable bonds is 35. The first-order valence-corrected chi connectivity index (χ1v) is 49.2. The fourth-order valence-electron chi connectivity index (χ4n) is 18.2. The average Bonchev–Trinajstić information content (AvgIpc) is 1.62. The molecule has 0 bridgehead atoms. The van der Waals surface area contributed by atoms with Gasteiger partial charge in [0.15, 0.2) is 0 Å². The fourth-order valence-corrected chi connectivity index (χ4v) is 18.6. The second kappa shape index (κ2) is 79.5. The summed E-state index contributed by atoms with van der Waals surface area (Å²) in [6, 6.07) is 38.8. The number of Topliss-reactive ketones (excluding diaryl/α,β-unsaturated/α-hetero) is 3. The van der Waals surface area contributed by atoms with Crippen LogP contribution in [0.1, 0.15) is 353 Å². The van der Waals surface area contributed by atoms with Gasteiger partial charge in [0.1, 0.15) is 17.3 Å². The smallest absolute Gasteiger partial charge is 0.545 e. The number of aromatic nitrogens is 3. The SMILES string of the molecule is C.C.C1CCCC1.C1CCCC1.CO.Cc1ccc2c(c1)c(CC(=O)CCCCCCCN)c(C)n2C(=O)c1ccc(Cl)cc1.Cc1ccc2c(c1)c(CC(=O)CCCCCCCNC(=O)C1CCCC1)c(C)n2C(=O)c1ccc(Cl)cc1.Cc1ccc2c(c1)c(CC(=O)CCCCCCCNC(=O)C1CCCC1)c(C)n2C(=O)c1ccc(Cl)cc1.O=C(O)C1CCCC1.[CH-]=O.[CH-]=O.[CH3-].[CH3-].[CH3-].[CH3-].[CH3-].[Fe+2].[Fe+2].[Tc]. The summed E-state index contributed by atoms with van der Waals surface area (Å²) in [6.45, 7) is 20.6. The molecule has 5 aliphatic carbocycles. The Kier molecular flexibility index (Phi) is 79.8. The van der Waals surface area contributed by atoms with E-state index in [0.717, 1.165) is 258 Å². The summed E-state index contributed by atoms with van der Waals surface area (Å²) in [5.41, 5.74) is 18.3. The van der Waals surface area contributed by atoms with E-state index in [-0.39, 0.29) is 171 Å². The van der Waals surface area contributed by atoms with Gasteiger partial charge in [-0.05, 0) is 251 Å². The number of nitrogens with zero attached hydrogens (tertiary/aromatic N) is 3. The van der Waals surface area contributed by atoms with E-state index in [1.54, 1.807) is 86.5 Å². The van der Waals surface area contributed by atoms with Gasteiger partial charge in [0.2, 0.25) is 11.8 Å². The van der Waals surface area contributed by atoms with Crippen molar-refractivity contribution in [3.8, 4) is 0 Å². The molecule has 0 unspecified atom stereocenters. The minimum atomic E-state index is -0.609. The molecule has 6 aromatic carbocycles. The largest absolute Gasteiger partial charge is 2.00 e. The van der Waals surface area contributed by atoms with E-state index in [1.807, 2.05) is 77.9 Å². The standard InChI is InChI=1S/2C32H39ClN2O3.C26H31ClN2O2.C6H10O2.2C5H10.CH4O.2CHO.2CH4.5CH3.2Fe.Tc/c2*1-22-13-18-30-29(20-22)28(23(2)35(30)32(38)25-14-16-26(33)17-15-25)21-27(36)12-6-4-3-5-9-19-34-31(37)24-10-7-8-11-24;1-18-9-14-25-24(16-18)23(17-22(30)8-6-4-3-5-7-15-28)19(2)29(25)26(31)20-10-12-21(27)13-11-20;7-6(8)5-3-1-2-4-5;2*1-2-4-5-3-1;3*1-2;;;;;;;;;;/h2*13-18,20,24H,3-12,19,21H2,1-2H3,(H,34,37);9-14,16H,3-8,15,17,28H2,1-2H3;5H,1-4H2,(H,7,8);2*1-5H2;2H,1H3;2*1H;2*1H4;5*1H3;;;/q;;;;;;;2*-1;;;5*-1;2*+2;. The third-order valence-electron chi connectivity index (χ3n) is 25.7. The van der Waals surface area contributed by atoms with Gasteiger partial charge in [-0.1, -0.05) is 245 Å². The van der Waals surface area contributed by atoms with Gasteiger partial charge in [-0.3, -0.25) is 70.4 Å². The number of unbranched alkanes of at least 4 members (excludes halogenated alkanes) is 12. The number of halogens is 3. The number of carbonyl (C=O) groups excluding carboxylic acids is 10. The number of amides is 2. The molecular weight excluding hydrogens is 2000 g/mol. The number of carboxylic acid groups (broad SMARTS) is 1. The van der Waals surface area contributed by atoms with Crippen LogP contribution in [0.3, 0.4) is 0 Å². The Labute approximate surface area is 897 Å². The Bertz CT molecular complexity index is 4840. The Hall–Kier alpha value is -7.81. The quantitative estimate of drug-likeness (QED) is 0.0107. The molecule has 9 aromatic rings. The van der Waals surface area contributed by atoms with E-state index in [4.69, 9.17) is 60.3 Å². The van der Waals surface area contributed by atoms with Crippen LogP contribution in [0.2, 0.25) is 15.1 Å². The number of aryl methyl sites for hydroxylation is 3. The normalized spacial score (nSPS) is 12.9. The molecule has 787 valence electrons. The van der Waals surface area contributed by atoms with E-state index in [0.29, 0.717) is 70.3 Å². The molecule has 25 heteroatoms.